The monoisotopic (exact) mass is 742 g/mol. The van der Waals surface area contributed by atoms with Crippen LogP contribution in [0.5, 0.6) is 0 Å². The second-order valence-electron chi connectivity index (χ2n) is 11.6. The van der Waals surface area contributed by atoms with Crippen molar-refractivity contribution in [2.45, 2.75) is 40.2 Å². The average Bonchev–Trinajstić information content (AvgIpc) is 3.42. The summed E-state index contributed by atoms with van der Waals surface area (Å²) in [5.41, 5.74) is 0.760. The Bertz CT molecular complexity index is 1370. The van der Waals surface area contributed by atoms with Crippen LogP contribution in [0.4, 0.5) is 26.3 Å². The summed E-state index contributed by atoms with van der Waals surface area (Å²) in [6, 6.07) is 4.82. The maximum atomic E-state index is 12.9. The molecule has 0 aliphatic rings. The molecule has 2 rings (SSSR count). The highest BCUT2D eigenvalue weighted by Crippen LogP contribution is 2.30. The third-order valence-corrected chi connectivity index (χ3v) is 7.11. The molecule has 0 radical (unpaired) electrons. The summed E-state index contributed by atoms with van der Waals surface area (Å²) < 4.78 is 38.0. The van der Waals surface area contributed by atoms with Crippen LogP contribution in [0.2, 0.25) is 0 Å². The van der Waals surface area contributed by atoms with Gasteiger partial charge in [0.1, 0.15) is 11.3 Å². The fraction of sp³-hybridized carbons (Fsp3) is 0.625. The summed E-state index contributed by atoms with van der Waals surface area (Å²) in [6.45, 7) is 14.0. The van der Waals surface area contributed by atoms with Gasteiger partial charge in [-0.15, -0.1) is 0 Å². The Labute approximate surface area is 301 Å². The Balaban J connectivity index is 1.45. The van der Waals surface area contributed by atoms with Gasteiger partial charge >= 0.3 is 11.1 Å². The van der Waals surface area contributed by atoms with Crippen molar-refractivity contribution in [2.75, 3.05) is 108 Å². The Morgan fingerprint density at radius 2 is 1.31 bits per heavy atom. The Morgan fingerprint density at radius 1 is 0.804 bits per heavy atom. The molecule has 2 aromatic rings. The molecule has 3 amide bonds. The fourth-order valence-corrected chi connectivity index (χ4v) is 4.71. The molecule has 286 valence electrons. The van der Waals surface area contributed by atoms with Crippen molar-refractivity contribution in [3.63, 3.8) is 0 Å². The van der Waals surface area contributed by atoms with E-state index in [0.717, 1.165) is 11.3 Å². The van der Waals surface area contributed by atoms with Crippen molar-refractivity contribution >= 4 is 50.8 Å². The first-order chi connectivity index (χ1) is 24.4. The van der Waals surface area contributed by atoms with Gasteiger partial charge in [-0.05, 0) is 57.2 Å². The molecule has 0 aliphatic carbocycles. The second-order valence-corrected chi connectivity index (χ2v) is 12.6. The number of carbonyl (C=O) groups excluding carboxylic acids is 3. The summed E-state index contributed by atoms with van der Waals surface area (Å²) in [4.78, 5) is 50.7. The molecule has 0 unspecified atom stereocenters. The van der Waals surface area contributed by atoms with Crippen molar-refractivity contribution in [1.82, 2.24) is 10.3 Å². The largest absolute Gasteiger partial charge is 0.444 e. The minimum absolute atomic E-state index is 0.0845. The van der Waals surface area contributed by atoms with E-state index in [1.54, 1.807) is 32.9 Å². The average molecular weight is 743 g/mol. The number of benzene rings is 1. The molecule has 0 spiro atoms. The normalized spacial score (nSPS) is 11.2. The lowest BCUT2D eigenvalue weighted by Gasteiger charge is -2.19. The van der Waals surface area contributed by atoms with Crippen LogP contribution in [-0.2, 0) is 38.0 Å². The topological polar surface area (TPSA) is 220 Å². The zero-order valence-electron chi connectivity index (χ0n) is 29.8. The van der Waals surface area contributed by atoms with E-state index >= 15 is 0 Å². The van der Waals surface area contributed by atoms with Crippen molar-refractivity contribution in [2.24, 2.45) is 0 Å². The number of hydrogen-bond donors (Lipinski definition) is 4. The van der Waals surface area contributed by atoms with E-state index in [-0.39, 0.29) is 33.0 Å². The molecule has 0 aliphatic heterocycles. The number of aromatic nitrogens is 1. The highest BCUT2D eigenvalue weighted by Gasteiger charge is 2.21. The summed E-state index contributed by atoms with van der Waals surface area (Å²) in [5, 5.41) is 22.0. The number of nitro groups is 1. The molecular formula is C32H50N6O12S. The number of rotatable bonds is 26. The van der Waals surface area contributed by atoms with Crippen molar-refractivity contribution < 1.29 is 52.5 Å². The maximum Gasteiger partial charge on any atom is 0.407 e. The molecular weight excluding hydrogens is 692 g/mol. The van der Waals surface area contributed by atoms with Crippen molar-refractivity contribution in [1.29, 1.82) is 0 Å². The zero-order valence-corrected chi connectivity index (χ0v) is 30.6. The number of alkyl carbamates (subject to hydrolysis) is 1. The Hall–Kier alpha value is -3.98. The fourth-order valence-electron chi connectivity index (χ4n) is 3.93. The summed E-state index contributed by atoms with van der Waals surface area (Å²) in [7, 11) is 0. The molecule has 1 aromatic carbocycles. The van der Waals surface area contributed by atoms with Crippen molar-refractivity contribution in [3.8, 4) is 0 Å². The lowest BCUT2D eigenvalue weighted by molar-refractivity contribution is -0.380. The molecule has 0 saturated heterocycles. The first-order valence-corrected chi connectivity index (χ1v) is 17.2. The number of aryl methyl sites for hydroxylation is 1. The number of hydrogen-bond acceptors (Lipinski definition) is 15. The molecule has 4 N–H and O–H groups in total. The lowest BCUT2D eigenvalue weighted by atomic mass is 10.1. The molecule has 0 bridgehead atoms. The number of thiazole rings is 1. The molecule has 18 nitrogen and oxygen atoms in total. The molecule has 0 saturated carbocycles. The zero-order chi connectivity index (χ0) is 37.5. The number of ether oxygens (including phenoxy) is 7. The van der Waals surface area contributed by atoms with Crippen LogP contribution in [0, 0.1) is 17.0 Å². The highest BCUT2D eigenvalue weighted by atomic mass is 32.1. The van der Waals surface area contributed by atoms with Gasteiger partial charge in [-0.1, -0.05) is 0 Å². The first-order valence-electron chi connectivity index (χ1n) is 16.4. The summed E-state index contributed by atoms with van der Waals surface area (Å²) in [6.07, 6.45) is -0.471. The van der Waals surface area contributed by atoms with Crippen molar-refractivity contribution in [3.05, 3.63) is 39.6 Å². The molecule has 19 heteroatoms. The smallest absolute Gasteiger partial charge is 0.407 e. The molecule has 0 fully saturated rings. The van der Waals surface area contributed by atoms with Gasteiger partial charge in [0, 0.05) is 25.7 Å². The lowest BCUT2D eigenvalue weighted by Crippen LogP contribution is -2.34. The summed E-state index contributed by atoms with van der Waals surface area (Å²) in [5.74, 6) is -0.936. The summed E-state index contributed by atoms with van der Waals surface area (Å²) >= 11 is 0.755. The maximum absolute atomic E-state index is 12.9. The van der Waals surface area contributed by atoms with Gasteiger partial charge in [0.25, 0.3) is 5.91 Å². The van der Waals surface area contributed by atoms with E-state index in [2.05, 4.69) is 26.3 Å². The van der Waals surface area contributed by atoms with Gasteiger partial charge in [0.15, 0.2) is 5.13 Å². The molecule has 1 heterocycles. The van der Waals surface area contributed by atoms with Gasteiger partial charge in [-0.3, -0.25) is 25.0 Å². The Morgan fingerprint density at radius 3 is 1.78 bits per heavy atom. The molecule has 51 heavy (non-hydrogen) atoms. The van der Waals surface area contributed by atoms with E-state index in [4.69, 9.17) is 33.2 Å². The van der Waals surface area contributed by atoms with Gasteiger partial charge < -0.3 is 49.1 Å². The number of anilines is 3. The standard InChI is InChI=1S/C32H50N6O12S/c1-23-29(38(42)43)51-30(35-23)37-28(40)26-7-6-25(22-27(26)36-24(2)39)33-8-10-44-12-14-46-16-18-48-20-21-49-19-17-47-15-13-45-11-9-34-31(41)50-32(3,4)5/h6-7,22,33H,8-21H2,1-5H3,(H,34,41)(H,36,39)(H,35,37,40). The molecule has 0 atom stereocenters. The minimum atomic E-state index is -0.569. The van der Waals surface area contributed by atoms with Gasteiger partial charge in [-0.2, -0.15) is 0 Å². The SMILES string of the molecule is CC(=O)Nc1cc(NCCOCCOCCOCCOCCOCCOCCNC(=O)OC(C)(C)C)ccc1C(=O)Nc1nc(C)c([N+](=O)[O-])s1. The van der Waals surface area contributed by atoms with E-state index in [1.807, 2.05) is 0 Å². The molecule has 1 aromatic heterocycles. The van der Waals surface area contributed by atoms with Gasteiger partial charge in [-0.25, -0.2) is 9.78 Å². The van der Waals surface area contributed by atoms with Crippen LogP contribution >= 0.6 is 11.3 Å². The number of nitrogens with zero attached hydrogens (tertiary/aromatic N) is 2. The highest BCUT2D eigenvalue weighted by molar-refractivity contribution is 7.19. The van der Waals surface area contributed by atoms with Crippen LogP contribution in [-0.4, -0.2) is 126 Å². The minimum Gasteiger partial charge on any atom is -0.444 e. The Kier molecular flexibility index (Phi) is 20.5. The predicted molar refractivity (Wildman–Crippen MR) is 190 cm³/mol. The van der Waals surface area contributed by atoms with Crippen LogP contribution < -0.4 is 21.3 Å². The second kappa shape index (κ2) is 24.2. The third-order valence-electron chi connectivity index (χ3n) is 6.08. The van der Waals surface area contributed by atoms with Gasteiger partial charge in [0.2, 0.25) is 5.91 Å². The predicted octanol–water partition coefficient (Wildman–Crippen LogP) is 3.61. The quantitative estimate of drug-likeness (QED) is 0.0615. The third kappa shape index (κ3) is 19.9. The van der Waals surface area contributed by atoms with Crippen LogP contribution in [0.1, 0.15) is 43.7 Å². The van der Waals surface area contributed by atoms with E-state index < -0.39 is 22.5 Å². The number of nitrogens with one attached hydrogen (secondary N) is 4. The van der Waals surface area contributed by atoms with E-state index in [1.165, 1.54) is 19.9 Å². The first kappa shape index (κ1) is 43.2. The number of carbonyl (C=O) groups is 3. The van der Waals surface area contributed by atoms with Crippen LogP contribution in [0.15, 0.2) is 18.2 Å². The van der Waals surface area contributed by atoms with E-state index in [0.29, 0.717) is 98.1 Å². The van der Waals surface area contributed by atoms with Gasteiger partial charge in [0.05, 0.1) is 95.5 Å². The van der Waals surface area contributed by atoms with Crippen LogP contribution in [0.3, 0.4) is 0 Å². The van der Waals surface area contributed by atoms with E-state index in [9.17, 15) is 24.5 Å². The number of amides is 3. The van der Waals surface area contributed by atoms with Crippen LogP contribution in [0.25, 0.3) is 0 Å².